The van der Waals surface area contributed by atoms with Gasteiger partial charge in [0.25, 0.3) is 0 Å². The number of furan rings is 3. The number of hydrogen-bond acceptors (Lipinski definition) is 15. The standard InChI is InChI=1S/C44H33N3O.C43H32N4O.C35H25N5O/c1-27(2)44(3)37-21-13-12-19-32(37)34-24-25-35-33-23-22-30(26-38(33)48-40(35)39(34)44)42-45-41(29-16-8-5-9-17-29)46-43(47-42)36-20-11-10-18-31(36)28-14-6-4-7-15-28;1-3-43(4-2)35-15-9-8-14-31(35)33-23-24-34-32-22-21-30(26-37(32)48-39(34)38(33)43)27-17-19-29(20-18-27)41-45-40(28-12-6-5-7-13-28)46-42(47-41)36-16-10-11-25-44-36;1-3-35(2)26-11-5-4-10-22(26)24-16-17-25-23-15-14-21(20-29(23)41-31(25)30(24)35)32-38-33(27-12-6-8-18-36-27)40-34(39-32)28-13-7-9-19-37-28/h4-27H,1-3H3;5-26H,3-4H2,1-2H3;4-20H,3H2,1-2H3. The maximum Gasteiger partial charge on any atom is 0.182 e. The van der Waals surface area contributed by atoms with E-state index in [9.17, 15) is 0 Å². The van der Waals surface area contributed by atoms with E-state index in [0.717, 1.165) is 135 Å². The van der Waals surface area contributed by atoms with Crippen LogP contribution >= 0.6 is 0 Å². The molecule has 0 saturated carbocycles. The lowest BCUT2D eigenvalue weighted by atomic mass is 9.71. The number of nitrogens with zero attached hydrogens (tertiary/aromatic N) is 12. The minimum atomic E-state index is -0.165. The van der Waals surface area contributed by atoms with Crippen LogP contribution in [0.5, 0.6) is 0 Å². The quantitative estimate of drug-likeness (QED) is 0.0940. The molecule has 3 aliphatic carbocycles. The Morgan fingerprint density at radius 3 is 1.01 bits per heavy atom. The first kappa shape index (κ1) is 83.1. The van der Waals surface area contributed by atoms with Gasteiger partial charge in [-0.1, -0.05) is 315 Å². The van der Waals surface area contributed by atoms with E-state index in [1.807, 2.05) is 133 Å². The van der Waals surface area contributed by atoms with E-state index in [0.29, 0.717) is 75.4 Å². The summed E-state index contributed by atoms with van der Waals surface area (Å²) in [6.07, 6.45) is 8.26. The molecule has 0 bridgehead atoms. The van der Waals surface area contributed by atoms with E-state index in [1.54, 1.807) is 18.6 Å². The first-order valence-electron chi connectivity index (χ1n) is 47.0. The van der Waals surface area contributed by atoms with Crippen LogP contribution in [0.15, 0.2) is 390 Å². The van der Waals surface area contributed by atoms with Gasteiger partial charge in [-0.25, -0.2) is 44.9 Å². The molecule has 0 amide bonds. The molecular formula is C122H90N12O3. The Kier molecular flexibility index (Phi) is 20.4. The summed E-state index contributed by atoms with van der Waals surface area (Å²) in [5, 5.41) is 6.74. The van der Waals surface area contributed by atoms with Gasteiger partial charge in [-0.15, -0.1) is 0 Å². The highest BCUT2D eigenvalue weighted by Crippen LogP contribution is 2.59. The highest BCUT2D eigenvalue weighted by atomic mass is 16.3. The third-order valence-electron chi connectivity index (χ3n) is 28.8. The Hall–Kier alpha value is -17.0. The number of fused-ring (bicyclic) bond motifs is 21. The second-order valence-corrected chi connectivity index (χ2v) is 36.3. The van der Waals surface area contributed by atoms with E-state index >= 15 is 0 Å². The molecule has 0 N–H and O–H groups in total. The predicted molar refractivity (Wildman–Crippen MR) is 550 cm³/mol. The minimum absolute atomic E-state index is 0.0518. The summed E-state index contributed by atoms with van der Waals surface area (Å²) in [5.41, 5.74) is 32.8. The largest absolute Gasteiger partial charge is 0.456 e. The minimum Gasteiger partial charge on any atom is -0.456 e. The fraction of sp³-hybridized carbons (Fsp3) is 0.115. The Morgan fingerprint density at radius 2 is 0.555 bits per heavy atom. The molecular weight excluding hydrogens is 1680 g/mol. The first-order chi connectivity index (χ1) is 67.3. The number of rotatable bonds is 15. The lowest BCUT2D eigenvalue weighted by Crippen LogP contribution is -2.27. The molecule has 9 aromatic heterocycles. The number of hydrogen-bond donors (Lipinski definition) is 0. The van der Waals surface area contributed by atoms with Gasteiger partial charge in [0, 0.05) is 117 Å². The lowest BCUT2D eigenvalue weighted by molar-refractivity contribution is 0.413. The molecule has 0 radical (unpaired) electrons. The molecule has 15 heteroatoms. The van der Waals surface area contributed by atoms with E-state index in [1.165, 1.54) is 72.1 Å². The molecule has 0 spiro atoms. The molecule has 23 aromatic rings. The summed E-state index contributed by atoms with van der Waals surface area (Å²) in [7, 11) is 0. The molecule has 3 aliphatic rings. The molecule has 9 heterocycles. The Bertz CT molecular complexity index is 8550. The van der Waals surface area contributed by atoms with E-state index < -0.39 is 0 Å². The second-order valence-electron chi connectivity index (χ2n) is 36.3. The van der Waals surface area contributed by atoms with Crippen molar-refractivity contribution < 1.29 is 13.3 Å². The summed E-state index contributed by atoms with van der Waals surface area (Å²) >= 11 is 0. The third-order valence-corrected chi connectivity index (χ3v) is 28.8. The van der Waals surface area contributed by atoms with Gasteiger partial charge in [0.1, 0.15) is 50.6 Å². The van der Waals surface area contributed by atoms with Gasteiger partial charge in [-0.2, -0.15) is 0 Å². The van der Waals surface area contributed by atoms with E-state index in [4.69, 9.17) is 58.1 Å². The highest BCUT2D eigenvalue weighted by molar-refractivity contribution is 6.13. The highest BCUT2D eigenvalue weighted by Gasteiger charge is 2.46. The van der Waals surface area contributed by atoms with Crippen LogP contribution in [0, 0.1) is 5.92 Å². The van der Waals surface area contributed by atoms with E-state index in [-0.39, 0.29) is 16.2 Å². The molecule has 15 nitrogen and oxygen atoms in total. The van der Waals surface area contributed by atoms with Gasteiger partial charge in [0.2, 0.25) is 0 Å². The summed E-state index contributed by atoms with van der Waals surface area (Å²) in [6.45, 7) is 16.2. The average molecular weight is 1770 g/mol. The zero-order chi connectivity index (χ0) is 92.2. The molecule has 656 valence electrons. The zero-order valence-electron chi connectivity index (χ0n) is 76.6. The summed E-state index contributed by atoms with van der Waals surface area (Å²) in [5.74, 6) is 5.55. The molecule has 26 rings (SSSR count). The monoisotopic (exact) mass is 1770 g/mol. The number of pyridine rings is 3. The van der Waals surface area contributed by atoms with Crippen LogP contribution in [0.2, 0.25) is 0 Å². The molecule has 2 unspecified atom stereocenters. The van der Waals surface area contributed by atoms with Crippen molar-refractivity contribution in [3.63, 3.8) is 0 Å². The van der Waals surface area contributed by atoms with E-state index in [2.05, 4.69) is 288 Å². The zero-order valence-corrected chi connectivity index (χ0v) is 76.6. The van der Waals surface area contributed by atoms with Crippen molar-refractivity contribution >= 4 is 65.8 Å². The SMILES string of the molecule is CC(C)C1(C)c2ccccc2-c2ccc3c(oc4cc(-c5nc(-c6ccccc6)nc(-c6ccccc6-c6ccccc6)n5)ccc43)c21.CCC1(C)c2ccccc2-c2ccc3c(oc4cc(-c5nc(-c6ccccn6)nc(-c6ccccn6)n5)ccc43)c21.CCC1(CC)c2ccccc2-c2ccc3c(oc4cc(-c5ccc(-c6nc(-c7ccccc7)nc(-c7ccccn7)n6)cc5)ccc43)c21. The summed E-state index contributed by atoms with van der Waals surface area (Å²) < 4.78 is 20.4. The fourth-order valence-electron chi connectivity index (χ4n) is 21.3. The topological polar surface area (TPSA) is 194 Å². The lowest BCUT2D eigenvalue weighted by Gasteiger charge is -2.31. The van der Waals surface area contributed by atoms with Crippen molar-refractivity contribution in [3.8, 4) is 159 Å². The maximum absolute atomic E-state index is 6.87. The van der Waals surface area contributed by atoms with Crippen LogP contribution in [0.25, 0.3) is 224 Å². The van der Waals surface area contributed by atoms with Gasteiger partial charge in [0.15, 0.2) is 52.4 Å². The van der Waals surface area contributed by atoms with Crippen LogP contribution in [0.3, 0.4) is 0 Å². The Balaban J connectivity index is 0.000000113. The number of benzene rings is 14. The fourth-order valence-corrected chi connectivity index (χ4v) is 21.3. The molecule has 0 fully saturated rings. The van der Waals surface area contributed by atoms with Gasteiger partial charge >= 0.3 is 0 Å². The second kappa shape index (κ2) is 33.6. The Morgan fingerprint density at radius 1 is 0.234 bits per heavy atom. The Labute approximate surface area is 792 Å². The van der Waals surface area contributed by atoms with Gasteiger partial charge in [-0.3, -0.25) is 15.0 Å². The van der Waals surface area contributed by atoms with Gasteiger partial charge in [-0.05, 0) is 189 Å². The van der Waals surface area contributed by atoms with Crippen LogP contribution in [0.4, 0.5) is 0 Å². The van der Waals surface area contributed by atoms with Crippen LogP contribution in [-0.2, 0) is 16.2 Å². The number of aromatic nitrogens is 12. The van der Waals surface area contributed by atoms with Crippen LogP contribution in [0.1, 0.15) is 101 Å². The smallest absolute Gasteiger partial charge is 0.182 e. The van der Waals surface area contributed by atoms with Gasteiger partial charge < -0.3 is 13.3 Å². The maximum atomic E-state index is 6.87. The average Bonchev–Trinajstić information content (AvgIpc) is 1.56. The molecule has 0 aliphatic heterocycles. The molecule has 2 atom stereocenters. The van der Waals surface area contributed by atoms with Crippen molar-refractivity contribution in [2.45, 2.75) is 84.0 Å². The summed E-state index contributed by atoms with van der Waals surface area (Å²) in [6, 6.07) is 123. The predicted octanol–water partition coefficient (Wildman–Crippen LogP) is 30.6. The van der Waals surface area contributed by atoms with Crippen LogP contribution in [-0.4, -0.2) is 59.8 Å². The van der Waals surface area contributed by atoms with Crippen molar-refractivity contribution in [1.82, 2.24) is 59.8 Å². The van der Waals surface area contributed by atoms with Crippen molar-refractivity contribution in [2.75, 3.05) is 0 Å². The molecule has 137 heavy (non-hydrogen) atoms. The molecule has 14 aromatic carbocycles. The van der Waals surface area contributed by atoms with Crippen molar-refractivity contribution in [2.24, 2.45) is 5.92 Å². The van der Waals surface area contributed by atoms with Crippen molar-refractivity contribution in [3.05, 3.63) is 410 Å². The molecule has 0 saturated heterocycles. The van der Waals surface area contributed by atoms with Gasteiger partial charge in [0.05, 0.1) is 0 Å². The van der Waals surface area contributed by atoms with Crippen LogP contribution < -0.4 is 0 Å². The third kappa shape index (κ3) is 13.9. The normalized spacial score (nSPS) is 14.7. The first-order valence-corrected chi connectivity index (χ1v) is 47.0. The summed E-state index contributed by atoms with van der Waals surface area (Å²) in [4.78, 5) is 57.5. The van der Waals surface area contributed by atoms with Crippen molar-refractivity contribution in [1.29, 1.82) is 0 Å².